The van der Waals surface area contributed by atoms with E-state index in [4.69, 9.17) is 11.6 Å². The van der Waals surface area contributed by atoms with Crippen molar-refractivity contribution >= 4 is 11.6 Å². The van der Waals surface area contributed by atoms with Gasteiger partial charge in [-0.1, -0.05) is 35.9 Å². The van der Waals surface area contributed by atoms with E-state index >= 15 is 0 Å². The van der Waals surface area contributed by atoms with E-state index < -0.39 is 12.4 Å². The fraction of sp³-hybridized carbons (Fsp3) is 0.200. The molecule has 0 heterocycles. The fourth-order valence-electron chi connectivity index (χ4n) is 1.85. The maximum Gasteiger partial charge on any atom is 0.387 e. The topological polar surface area (TPSA) is 21.3 Å². The Bertz CT molecular complexity index is 607. The van der Waals surface area contributed by atoms with Crippen molar-refractivity contribution in [2.45, 2.75) is 19.7 Å². The first-order valence-electron chi connectivity index (χ1n) is 6.23. The van der Waals surface area contributed by atoms with Crippen molar-refractivity contribution in [3.05, 3.63) is 64.4 Å². The van der Waals surface area contributed by atoms with E-state index in [-0.39, 0.29) is 10.8 Å². The molecule has 112 valence electrons. The smallest absolute Gasteiger partial charge is 0.387 e. The zero-order valence-corrected chi connectivity index (χ0v) is 11.7. The first-order chi connectivity index (χ1) is 10.1. The van der Waals surface area contributed by atoms with Gasteiger partial charge in [-0.3, -0.25) is 0 Å². The molecular formula is C15H13ClF3NO. The van der Waals surface area contributed by atoms with Gasteiger partial charge in [0.25, 0.3) is 0 Å². The first kappa shape index (κ1) is 15.7. The lowest BCUT2D eigenvalue weighted by atomic mass is 10.2. The number of rotatable bonds is 6. The van der Waals surface area contributed by atoms with Crippen LogP contribution in [-0.4, -0.2) is 6.61 Å². The molecule has 0 saturated carbocycles. The molecule has 0 amide bonds. The standard InChI is InChI=1S/C15H13ClF3NO/c16-12-7-10(5-6-13(12)17)8-20-9-11-3-1-2-4-14(11)21-15(18)19/h1-7,15,20H,8-9H2. The van der Waals surface area contributed by atoms with Crippen LogP contribution in [0.3, 0.4) is 0 Å². The van der Waals surface area contributed by atoms with Crippen LogP contribution < -0.4 is 10.1 Å². The number of hydrogen-bond donors (Lipinski definition) is 1. The first-order valence-corrected chi connectivity index (χ1v) is 6.61. The van der Waals surface area contributed by atoms with Crippen molar-refractivity contribution in [1.29, 1.82) is 0 Å². The Morgan fingerprint density at radius 3 is 2.57 bits per heavy atom. The summed E-state index contributed by atoms with van der Waals surface area (Å²) in [5.41, 5.74) is 1.42. The van der Waals surface area contributed by atoms with Crippen molar-refractivity contribution in [3.8, 4) is 5.75 Å². The third-order valence-corrected chi connectivity index (χ3v) is 3.11. The molecule has 2 aromatic carbocycles. The third kappa shape index (κ3) is 4.65. The van der Waals surface area contributed by atoms with Crippen LogP contribution >= 0.6 is 11.6 Å². The molecule has 0 bridgehead atoms. The molecule has 21 heavy (non-hydrogen) atoms. The Morgan fingerprint density at radius 1 is 1.10 bits per heavy atom. The molecule has 2 aromatic rings. The molecule has 0 aliphatic carbocycles. The van der Waals surface area contributed by atoms with Gasteiger partial charge in [0.15, 0.2) is 0 Å². The second-order valence-corrected chi connectivity index (χ2v) is 4.75. The fourth-order valence-corrected chi connectivity index (χ4v) is 2.06. The van der Waals surface area contributed by atoms with Crippen LogP contribution in [0.2, 0.25) is 5.02 Å². The van der Waals surface area contributed by atoms with Gasteiger partial charge in [-0.25, -0.2) is 4.39 Å². The van der Waals surface area contributed by atoms with Crippen LogP contribution in [0.15, 0.2) is 42.5 Å². The Morgan fingerprint density at radius 2 is 1.86 bits per heavy atom. The Balaban J connectivity index is 1.95. The van der Waals surface area contributed by atoms with Gasteiger partial charge in [0.1, 0.15) is 11.6 Å². The Labute approximate surface area is 125 Å². The van der Waals surface area contributed by atoms with E-state index in [9.17, 15) is 13.2 Å². The monoisotopic (exact) mass is 315 g/mol. The molecule has 0 atom stereocenters. The highest BCUT2D eigenvalue weighted by atomic mass is 35.5. The van der Waals surface area contributed by atoms with Crippen molar-refractivity contribution in [1.82, 2.24) is 5.32 Å². The van der Waals surface area contributed by atoms with Crippen LogP contribution in [0.1, 0.15) is 11.1 Å². The minimum atomic E-state index is -2.86. The molecule has 0 aliphatic heterocycles. The van der Waals surface area contributed by atoms with Crippen LogP contribution in [0, 0.1) is 5.82 Å². The van der Waals surface area contributed by atoms with Crippen LogP contribution in [-0.2, 0) is 13.1 Å². The zero-order chi connectivity index (χ0) is 15.2. The van der Waals surface area contributed by atoms with Gasteiger partial charge in [-0.15, -0.1) is 0 Å². The number of alkyl halides is 2. The van der Waals surface area contributed by atoms with Gasteiger partial charge in [-0.05, 0) is 23.8 Å². The number of para-hydroxylation sites is 1. The maximum absolute atomic E-state index is 13.0. The van der Waals surface area contributed by atoms with E-state index in [0.717, 1.165) is 5.56 Å². The summed E-state index contributed by atoms with van der Waals surface area (Å²) in [6, 6.07) is 11.0. The molecule has 0 unspecified atom stereocenters. The highest BCUT2D eigenvalue weighted by Gasteiger charge is 2.08. The molecule has 0 fully saturated rings. The molecule has 0 aromatic heterocycles. The summed E-state index contributed by atoms with van der Waals surface area (Å²) in [5.74, 6) is -0.340. The normalized spacial score (nSPS) is 10.9. The lowest BCUT2D eigenvalue weighted by molar-refractivity contribution is -0.0505. The highest BCUT2D eigenvalue weighted by molar-refractivity contribution is 6.30. The average Bonchev–Trinajstić information content (AvgIpc) is 2.44. The SMILES string of the molecule is Fc1ccc(CNCc2ccccc2OC(F)F)cc1Cl. The third-order valence-electron chi connectivity index (χ3n) is 2.82. The zero-order valence-electron chi connectivity index (χ0n) is 11.0. The summed E-state index contributed by atoms with van der Waals surface area (Å²) in [6.07, 6.45) is 0. The van der Waals surface area contributed by atoms with Gasteiger partial charge in [0.05, 0.1) is 5.02 Å². The lowest BCUT2D eigenvalue weighted by Gasteiger charge is -2.11. The van der Waals surface area contributed by atoms with Crippen molar-refractivity contribution in [3.63, 3.8) is 0 Å². The van der Waals surface area contributed by atoms with Crippen LogP contribution in [0.5, 0.6) is 5.75 Å². The molecule has 0 aliphatic rings. The van der Waals surface area contributed by atoms with Gasteiger partial charge >= 0.3 is 6.61 Å². The van der Waals surface area contributed by atoms with Crippen molar-refractivity contribution in [2.24, 2.45) is 0 Å². The van der Waals surface area contributed by atoms with E-state index in [1.807, 2.05) is 0 Å². The average molecular weight is 316 g/mol. The molecule has 0 saturated heterocycles. The summed E-state index contributed by atoms with van der Waals surface area (Å²) >= 11 is 5.69. The number of halogens is 4. The predicted octanol–water partition coefficient (Wildman–Crippen LogP) is 4.37. The molecule has 2 nitrogen and oxygen atoms in total. The predicted molar refractivity (Wildman–Crippen MR) is 75.0 cm³/mol. The summed E-state index contributed by atoms with van der Waals surface area (Å²) < 4.78 is 42.0. The van der Waals surface area contributed by atoms with Gasteiger partial charge in [0.2, 0.25) is 0 Å². The minimum Gasteiger partial charge on any atom is -0.434 e. The van der Waals surface area contributed by atoms with E-state index in [0.29, 0.717) is 18.7 Å². The van der Waals surface area contributed by atoms with E-state index in [2.05, 4.69) is 10.1 Å². The molecule has 1 N–H and O–H groups in total. The van der Waals surface area contributed by atoms with Crippen molar-refractivity contribution in [2.75, 3.05) is 0 Å². The Hall–Kier alpha value is -1.72. The summed E-state index contributed by atoms with van der Waals surface area (Å²) in [6.45, 7) is -2.08. The second-order valence-electron chi connectivity index (χ2n) is 4.34. The van der Waals surface area contributed by atoms with Gasteiger partial charge in [0, 0.05) is 18.7 Å². The van der Waals surface area contributed by atoms with Crippen LogP contribution in [0.25, 0.3) is 0 Å². The largest absolute Gasteiger partial charge is 0.434 e. The van der Waals surface area contributed by atoms with Gasteiger partial charge < -0.3 is 10.1 Å². The summed E-state index contributed by atoms with van der Waals surface area (Å²) in [5, 5.41) is 3.12. The maximum atomic E-state index is 13.0. The summed E-state index contributed by atoms with van der Waals surface area (Å²) in [4.78, 5) is 0. The number of nitrogens with one attached hydrogen (secondary N) is 1. The quantitative estimate of drug-likeness (QED) is 0.854. The molecular weight excluding hydrogens is 303 g/mol. The highest BCUT2D eigenvalue weighted by Crippen LogP contribution is 2.20. The minimum absolute atomic E-state index is 0.0516. The molecule has 2 rings (SSSR count). The second kappa shape index (κ2) is 7.33. The number of benzene rings is 2. The summed E-state index contributed by atoms with van der Waals surface area (Å²) in [7, 11) is 0. The lowest BCUT2D eigenvalue weighted by Crippen LogP contribution is -2.14. The molecule has 0 spiro atoms. The molecule has 6 heteroatoms. The Kier molecular flexibility index (Phi) is 5.47. The number of ether oxygens (including phenoxy) is 1. The van der Waals surface area contributed by atoms with E-state index in [1.54, 1.807) is 24.3 Å². The van der Waals surface area contributed by atoms with E-state index in [1.165, 1.54) is 18.2 Å². The molecule has 0 radical (unpaired) electrons. The van der Waals surface area contributed by atoms with Crippen LogP contribution in [0.4, 0.5) is 13.2 Å². The van der Waals surface area contributed by atoms with Gasteiger partial charge in [-0.2, -0.15) is 8.78 Å². The number of hydrogen-bond acceptors (Lipinski definition) is 2. The van der Waals surface area contributed by atoms with Crippen molar-refractivity contribution < 1.29 is 17.9 Å².